The lowest BCUT2D eigenvalue weighted by Crippen LogP contribution is -2.00. The van der Waals surface area contributed by atoms with Gasteiger partial charge in [-0.15, -0.1) is 0 Å². The van der Waals surface area contributed by atoms with E-state index in [1.165, 1.54) is 0 Å². The van der Waals surface area contributed by atoms with Gasteiger partial charge in [-0.2, -0.15) is 0 Å². The van der Waals surface area contributed by atoms with Crippen molar-refractivity contribution in [1.29, 1.82) is 0 Å². The summed E-state index contributed by atoms with van der Waals surface area (Å²) in [5.41, 5.74) is 7.66. The van der Waals surface area contributed by atoms with E-state index in [-0.39, 0.29) is 0 Å². The zero-order chi connectivity index (χ0) is 11.4. The van der Waals surface area contributed by atoms with Crippen LogP contribution in [0.15, 0.2) is 42.6 Å². The molecule has 1 heterocycles. The third-order valence-corrected chi connectivity index (χ3v) is 2.40. The zero-order valence-electron chi connectivity index (χ0n) is 8.65. The number of pyridine rings is 1. The van der Waals surface area contributed by atoms with Crippen molar-refractivity contribution in [3.05, 3.63) is 53.2 Å². The molecule has 4 heteroatoms. The van der Waals surface area contributed by atoms with Gasteiger partial charge in [-0.3, -0.25) is 0 Å². The highest BCUT2D eigenvalue weighted by molar-refractivity contribution is 6.30. The van der Waals surface area contributed by atoms with Crippen molar-refractivity contribution in [3.63, 3.8) is 0 Å². The van der Waals surface area contributed by atoms with Crippen molar-refractivity contribution in [2.75, 3.05) is 11.1 Å². The van der Waals surface area contributed by atoms with Crippen LogP contribution in [0.25, 0.3) is 0 Å². The van der Waals surface area contributed by atoms with Gasteiger partial charge >= 0.3 is 0 Å². The summed E-state index contributed by atoms with van der Waals surface area (Å²) in [7, 11) is 0. The van der Waals surface area contributed by atoms with E-state index >= 15 is 0 Å². The maximum absolute atomic E-state index is 5.89. The number of nitrogens with zero attached hydrogens (tertiary/aromatic N) is 1. The summed E-state index contributed by atoms with van der Waals surface area (Å²) in [6.45, 7) is 0.712. The molecule has 1 aromatic heterocycles. The Morgan fingerprint density at radius 1 is 1.25 bits per heavy atom. The first kappa shape index (κ1) is 10.8. The van der Waals surface area contributed by atoms with Crippen molar-refractivity contribution in [1.82, 2.24) is 4.98 Å². The fraction of sp³-hybridized carbons (Fsp3) is 0.0833. The van der Waals surface area contributed by atoms with Gasteiger partial charge in [0.1, 0.15) is 5.82 Å². The summed E-state index contributed by atoms with van der Waals surface area (Å²) in [5, 5.41) is 3.99. The smallest absolute Gasteiger partial charge is 0.125 e. The van der Waals surface area contributed by atoms with Crippen LogP contribution in [-0.2, 0) is 6.54 Å². The van der Waals surface area contributed by atoms with Gasteiger partial charge in [0.25, 0.3) is 0 Å². The molecule has 0 saturated heterocycles. The minimum atomic E-state index is 0.510. The van der Waals surface area contributed by atoms with Crippen molar-refractivity contribution >= 4 is 23.1 Å². The molecule has 3 nitrogen and oxygen atoms in total. The summed E-state index contributed by atoms with van der Waals surface area (Å²) in [4.78, 5) is 3.93. The lowest BCUT2D eigenvalue weighted by atomic mass is 10.2. The second-order valence-electron chi connectivity index (χ2n) is 3.45. The van der Waals surface area contributed by atoms with Gasteiger partial charge in [-0.1, -0.05) is 23.7 Å². The fourth-order valence-electron chi connectivity index (χ4n) is 1.41. The Balaban J connectivity index is 2.02. The Kier molecular flexibility index (Phi) is 3.27. The lowest BCUT2D eigenvalue weighted by Gasteiger charge is -2.06. The summed E-state index contributed by atoms with van der Waals surface area (Å²) < 4.78 is 0. The van der Waals surface area contributed by atoms with Gasteiger partial charge in [0, 0.05) is 29.5 Å². The van der Waals surface area contributed by atoms with E-state index in [9.17, 15) is 0 Å². The molecule has 0 aliphatic rings. The average molecular weight is 234 g/mol. The number of nitrogens with one attached hydrogen (secondary N) is 1. The molecule has 0 unspecified atom stereocenters. The van der Waals surface area contributed by atoms with E-state index in [0.29, 0.717) is 12.4 Å². The Bertz CT molecular complexity index is 440. The molecule has 0 aliphatic heterocycles. The maximum atomic E-state index is 5.89. The Morgan fingerprint density at radius 3 is 2.88 bits per heavy atom. The molecular formula is C12H12ClN3. The predicted octanol–water partition coefficient (Wildman–Crippen LogP) is 2.93. The number of benzene rings is 1. The van der Waals surface area contributed by atoms with Gasteiger partial charge in [-0.25, -0.2) is 4.98 Å². The van der Waals surface area contributed by atoms with Crippen LogP contribution < -0.4 is 11.1 Å². The van der Waals surface area contributed by atoms with E-state index in [2.05, 4.69) is 10.3 Å². The van der Waals surface area contributed by atoms with Crippen molar-refractivity contribution in [3.8, 4) is 0 Å². The monoisotopic (exact) mass is 233 g/mol. The molecule has 0 amide bonds. The van der Waals surface area contributed by atoms with Gasteiger partial charge in [0.05, 0.1) is 0 Å². The third-order valence-electron chi connectivity index (χ3n) is 2.17. The zero-order valence-corrected chi connectivity index (χ0v) is 9.41. The van der Waals surface area contributed by atoms with E-state index in [4.69, 9.17) is 17.3 Å². The SMILES string of the molecule is Nc1cc(NCc2cccc(Cl)c2)ccn1. The van der Waals surface area contributed by atoms with Crippen LogP contribution in [0.4, 0.5) is 11.5 Å². The number of aromatic nitrogens is 1. The van der Waals surface area contributed by atoms with Gasteiger partial charge < -0.3 is 11.1 Å². The highest BCUT2D eigenvalue weighted by atomic mass is 35.5. The second kappa shape index (κ2) is 4.86. The number of hydrogen-bond donors (Lipinski definition) is 2. The molecule has 3 N–H and O–H groups in total. The van der Waals surface area contributed by atoms with E-state index < -0.39 is 0 Å². The standard InChI is InChI=1S/C12H12ClN3/c13-10-3-1-2-9(6-10)8-16-11-4-5-15-12(14)7-11/h1-7H,8H2,(H3,14,15,16). The molecule has 0 bridgehead atoms. The van der Waals surface area contributed by atoms with Gasteiger partial charge in [0.15, 0.2) is 0 Å². The quantitative estimate of drug-likeness (QED) is 0.857. The normalized spacial score (nSPS) is 10.1. The van der Waals surface area contributed by atoms with Crippen LogP contribution in [0.5, 0.6) is 0 Å². The van der Waals surface area contributed by atoms with Crippen LogP contribution in [0, 0.1) is 0 Å². The Labute approximate surface area is 99.3 Å². The minimum Gasteiger partial charge on any atom is -0.384 e. The number of nitrogens with two attached hydrogens (primary N) is 1. The topological polar surface area (TPSA) is 50.9 Å². The van der Waals surface area contributed by atoms with Gasteiger partial charge in [0.2, 0.25) is 0 Å². The average Bonchev–Trinajstić information content (AvgIpc) is 2.27. The number of nitrogen functional groups attached to an aromatic ring is 1. The first-order valence-corrected chi connectivity index (χ1v) is 5.32. The second-order valence-corrected chi connectivity index (χ2v) is 3.89. The number of rotatable bonds is 3. The first-order chi connectivity index (χ1) is 7.74. The molecule has 82 valence electrons. The molecule has 0 atom stereocenters. The summed E-state index contributed by atoms with van der Waals surface area (Å²) in [5.74, 6) is 0.510. The lowest BCUT2D eigenvalue weighted by molar-refractivity contribution is 1.14. The molecule has 0 fully saturated rings. The largest absolute Gasteiger partial charge is 0.384 e. The molecule has 0 spiro atoms. The van der Waals surface area contributed by atoms with Crippen molar-refractivity contribution < 1.29 is 0 Å². The van der Waals surface area contributed by atoms with Crippen molar-refractivity contribution in [2.45, 2.75) is 6.54 Å². The number of anilines is 2. The van der Waals surface area contributed by atoms with Crippen LogP contribution in [-0.4, -0.2) is 4.98 Å². The van der Waals surface area contributed by atoms with E-state index in [1.807, 2.05) is 30.3 Å². The number of halogens is 1. The Hall–Kier alpha value is -1.74. The molecule has 2 rings (SSSR count). The maximum Gasteiger partial charge on any atom is 0.125 e. The molecule has 1 aromatic carbocycles. The molecular weight excluding hydrogens is 222 g/mol. The van der Waals surface area contributed by atoms with Crippen LogP contribution >= 0.6 is 11.6 Å². The summed E-state index contributed by atoms with van der Waals surface area (Å²) in [6, 6.07) is 11.4. The molecule has 0 aliphatic carbocycles. The molecule has 2 aromatic rings. The van der Waals surface area contributed by atoms with E-state index in [1.54, 1.807) is 12.3 Å². The van der Waals surface area contributed by atoms with E-state index in [0.717, 1.165) is 16.3 Å². The van der Waals surface area contributed by atoms with Crippen molar-refractivity contribution in [2.24, 2.45) is 0 Å². The third kappa shape index (κ3) is 2.87. The van der Waals surface area contributed by atoms with Crippen LogP contribution in [0.2, 0.25) is 5.02 Å². The van der Waals surface area contributed by atoms with Crippen LogP contribution in [0.3, 0.4) is 0 Å². The molecule has 0 saturated carbocycles. The highest BCUT2D eigenvalue weighted by Crippen LogP contribution is 2.14. The van der Waals surface area contributed by atoms with Gasteiger partial charge in [-0.05, 0) is 23.8 Å². The molecule has 16 heavy (non-hydrogen) atoms. The Morgan fingerprint density at radius 2 is 2.12 bits per heavy atom. The minimum absolute atomic E-state index is 0.510. The fourth-order valence-corrected chi connectivity index (χ4v) is 1.62. The predicted molar refractivity (Wildman–Crippen MR) is 67.4 cm³/mol. The summed E-state index contributed by atoms with van der Waals surface area (Å²) >= 11 is 5.89. The first-order valence-electron chi connectivity index (χ1n) is 4.94. The summed E-state index contributed by atoms with van der Waals surface area (Å²) in [6.07, 6.45) is 1.68. The highest BCUT2D eigenvalue weighted by Gasteiger charge is 1.96. The molecule has 0 radical (unpaired) electrons. The number of hydrogen-bond acceptors (Lipinski definition) is 3. The van der Waals surface area contributed by atoms with Crippen LogP contribution in [0.1, 0.15) is 5.56 Å².